The summed E-state index contributed by atoms with van der Waals surface area (Å²) in [5.74, 6) is 2.57. The van der Waals surface area contributed by atoms with Gasteiger partial charge in [-0.25, -0.2) is 4.98 Å². The normalized spacial score (nSPS) is 25.5. The lowest BCUT2D eigenvalue weighted by Crippen LogP contribution is -2.48. The third kappa shape index (κ3) is 2.50. The molecular formula is C22H28N4. The highest BCUT2D eigenvalue weighted by Gasteiger charge is 2.39. The number of nitrogens with one attached hydrogen (secondary N) is 1. The van der Waals surface area contributed by atoms with Gasteiger partial charge in [0.05, 0.1) is 0 Å². The second-order valence-electron chi connectivity index (χ2n) is 8.25. The first-order valence-electron chi connectivity index (χ1n) is 10.0. The number of fused-ring (bicyclic) bond motifs is 2. The molecule has 5 rings (SSSR count). The Labute approximate surface area is 155 Å². The Morgan fingerprint density at radius 3 is 3.12 bits per heavy atom. The fourth-order valence-electron chi connectivity index (χ4n) is 5.42. The molecule has 4 heteroatoms. The molecule has 1 aliphatic heterocycles. The molecule has 136 valence electrons. The summed E-state index contributed by atoms with van der Waals surface area (Å²) >= 11 is 0. The van der Waals surface area contributed by atoms with Crippen LogP contribution in [0.15, 0.2) is 36.8 Å². The molecule has 2 aromatic heterocycles. The lowest BCUT2D eigenvalue weighted by Gasteiger charge is -2.45. The largest absolute Gasteiger partial charge is 0.361 e. The Kier molecular flexibility index (Phi) is 3.89. The van der Waals surface area contributed by atoms with Crippen LogP contribution in [0.1, 0.15) is 42.6 Å². The average Bonchev–Trinajstić information content (AvgIpc) is 3.25. The number of aromatic nitrogens is 3. The Balaban J connectivity index is 1.45. The van der Waals surface area contributed by atoms with Crippen molar-refractivity contribution in [1.82, 2.24) is 19.4 Å². The number of aromatic amines is 1. The molecule has 1 aliphatic carbocycles. The van der Waals surface area contributed by atoms with E-state index < -0.39 is 0 Å². The molecule has 0 spiro atoms. The van der Waals surface area contributed by atoms with E-state index in [9.17, 15) is 0 Å². The first-order chi connectivity index (χ1) is 12.7. The highest BCUT2D eigenvalue weighted by molar-refractivity contribution is 5.88. The van der Waals surface area contributed by atoms with Crippen LogP contribution in [0.4, 0.5) is 0 Å². The van der Waals surface area contributed by atoms with Gasteiger partial charge in [-0.15, -0.1) is 0 Å². The number of nitrogens with zero attached hydrogens (tertiary/aromatic N) is 3. The molecule has 26 heavy (non-hydrogen) atoms. The molecule has 0 amide bonds. The van der Waals surface area contributed by atoms with Crippen LogP contribution in [0.25, 0.3) is 10.9 Å². The zero-order valence-electron chi connectivity index (χ0n) is 15.8. The number of H-pyrrole nitrogens is 1. The summed E-state index contributed by atoms with van der Waals surface area (Å²) in [7, 11) is 2.32. The van der Waals surface area contributed by atoms with E-state index in [1.807, 2.05) is 6.20 Å². The molecule has 2 aliphatic rings. The Hall–Kier alpha value is -2.07. The topological polar surface area (TPSA) is 36.9 Å². The van der Waals surface area contributed by atoms with Crippen LogP contribution in [-0.2, 0) is 19.4 Å². The van der Waals surface area contributed by atoms with Gasteiger partial charge in [0.25, 0.3) is 0 Å². The molecule has 1 fully saturated rings. The van der Waals surface area contributed by atoms with Crippen LogP contribution >= 0.6 is 0 Å². The molecule has 1 unspecified atom stereocenters. The molecule has 0 saturated carbocycles. The molecule has 1 saturated heterocycles. The second-order valence-corrected chi connectivity index (χ2v) is 8.25. The summed E-state index contributed by atoms with van der Waals surface area (Å²) in [6.45, 7) is 4.51. The third-order valence-corrected chi connectivity index (χ3v) is 6.54. The minimum absolute atomic E-state index is 0.637. The summed E-state index contributed by atoms with van der Waals surface area (Å²) < 4.78 is 2.40. The maximum absolute atomic E-state index is 4.57. The second kappa shape index (κ2) is 6.27. The van der Waals surface area contributed by atoms with E-state index in [1.54, 1.807) is 5.56 Å². The highest BCUT2D eigenvalue weighted by Crippen LogP contribution is 2.44. The van der Waals surface area contributed by atoms with Gasteiger partial charge in [-0.1, -0.05) is 19.1 Å². The van der Waals surface area contributed by atoms with E-state index in [2.05, 4.69) is 64.0 Å². The van der Waals surface area contributed by atoms with Gasteiger partial charge in [-0.05, 0) is 49.4 Å². The Morgan fingerprint density at radius 2 is 2.23 bits per heavy atom. The molecule has 3 heterocycles. The molecule has 4 nitrogen and oxygen atoms in total. The first kappa shape index (κ1) is 16.1. The first-order valence-corrected chi connectivity index (χ1v) is 10.0. The van der Waals surface area contributed by atoms with Crippen LogP contribution < -0.4 is 0 Å². The predicted octanol–water partition coefficient (Wildman–Crippen LogP) is 3.98. The number of rotatable bonds is 4. The zero-order valence-corrected chi connectivity index (χ0v) is 15.8. The zero-order chi connectivity index (χ0) is 17.7. The molecule has 1 N–H and O–H groups in total. The minimum Gasteiger partial charge on any atom is -0.361 e. The van der Waals surface area contributed by atoms with Crippen LogP contribution in [0.3, 0.4) is 0 Å². The summed E-state index contributed by atoms with van der Waals surface area (Å²) in [4.78, 5) is 10.7. The number of likely N-dealkylation sites (N-methyl/N-ethyl adjacent to an activating group) is 1. The van der Waals surface area contributed by atoms with E-state index in [0.29, 0.717) is 17.9 Å². The lowest BCUT2D eigenvalue weighted by molar-refractivity contribution is 0.103. The standard InChI is InChI=1S/C22H28N4/c1-3-5-21-23-8-9-26(21)14-15-10-18-17-6-4-7-19-22(17)16(12-24-19)11-20(18)25(2)13-15/h4,6-9,12,15,18,20,24H,3,5,10-11,13-14H2,1-2H3/t15-,18?,20-/m1/s1. The lowest BCUT2D eigenvalue weighted by atomic mass is 9.72. The number of benzene rings is 1. The van der Waals surface area contributed by atoms with Gasteiger partial charge in [-0.2, -0.15) is 0 Å². The maximum atomic E-state index is 4.57. The number of aryl methyl sites for hydroxylation is 1. The number of imidazole rings is 1. The van der Waals surface area contributed by atoms with E-state index in [1.165, 1.54) is 41.7 Å². The summed E-state index contributed by atoms with van der Waals surface area (Å²) in [5.41, 5.74) is 4.37. The van der Waals surface area contributed by atoms with E-state index >= 15 is 0 Å². The SMILES string of the molecule is CCCc1nccn1C[C@@H]1CC2c3cccc4[nH]cc(c34)C[C@H]2N(C)C1. The van der Waals surface area contributed by atoms with Crippen LogP contribution in [-0.4, -0.2) is 39.1 Å². The van der Waals surface area contributed by atoms with Gasteiger partial charge in [0.15, 0.2) is 0 Å². The number of likely N-dealkylation sites (tertiary alicyclic amines) is 1. The molecule has 3 atom stereocenters. The van der Waals surface area contributed by atoms with Crippen molar-refractivity contribution < 1.29 is 0 Å². The fraction of sp³-hybridized carbons (Fsp3) is 0.500. The van der Waals surface area contributed by atoms with E-state index in [4.69, 9.17) is 0 Å². The fourth-order valence-corrected chi connectivity index (χ4v) is 5.42. The van der Waals surface area contributed by atoms with Gasteiger partial charge >= 0.3 is 0 Å². The summed E-state index contributed by atoms with van der Waals surface area (Å²) in [5, 5.41) is 1.50. The van der Waals surface area contributed by atoms with Gasteiger partial charge in [-0.3, -0.25) is 0 Å². The molecule has 1 aromatic carbocycles. The number of piperidine rings is 1. The summed E-state index contributed by atoms with van der Waals surface area (Å²) in [6.07, 6.45) is 11.1. The monoisotopic (exact) mass is 348 g/mol. The van der Waals surface area contributed by atoms with Crippen molar-refractivity contribution in [2.45, 2.75) is 51.1 Å². The van der Waals surface area contributed by atoms with Crippen molar-refractivity contribution in [1.29, 1.82) is 0 Å². The van der Waals surface area contributed by atoms with Gasteiger partial charge in [0.1, 0.15) is 5.82 Å². The number of hydrogen-bond donors (Lipinski definition) is 1. The molecular weight excluding hydrogens is 320 g/mol. The van der Waals surface area contributed by atoms with Crippen molar-refractivity contribution >= 4 is 10.9 Å². The predicted molar refractivity (Wildman–Crippen MR) is 105 cm³/mol. The highest BCUT2D eigenvalue weighted by atomic mass is 15.2. The van der Waals surface area contributed by atoms with Gasteiger partial charge in [0.2, 0.25) is 0 Å². The molecule has 0 radical (unpaired) electrons. The van der Waals surface area contributed by atoms with Crippen molar-refractivity contribution in [3.05, 3.63) is 53.7 Å². The quantitative estimate of drug-likeness (QED) is 0.774. The number of hydrogen-bond acceptors (Lipinski definition) is 2. The van der Waals surface area contributed by atoms with Crippen LogP contribution in [0, 0.1) is 5.92 Å². The summed E-state index contributed by atoms with van der Waals surface area (Å²) in [6, 6.07) is 7.44. The maximum Gasteiger partial charge on any atom is 0.108 e. The van der Waals surface area contributed by atoms with Gasteiger partial charge in [0, 0.05) is 61.0 Å². The van der Waals surface area contributed by atoms with Crippen molar-refractivity contribution in [2.75, 3.05) is 13.6 Å². The van der Waals surface area contributed by atoms with Crippen molar-refractivity contribution in [3.63, 3.8) is 0 Å². The van der Waals surface area contributed by atoms with Gasteiger partial charge < -0.3 is 14.5 Å². The van der Waals surface area contributed by atoms with Crippen molar-refractivity contribution in [3.8, 4) is 0 Å². The Morgan fingerprint density at radius 1 is 1.31 bits per heavy atom. The minimum atomic E-state index is 0.637. The van der Waals surface area contributed by atoms with E-state index in [-0.39, 0.29) is 0 Å². The molecule has 0 bridgehead atoms. The smallest absolute Gasteiger partial charge is 0.108 e. The third-order valence-electron chi connectivity index (χ3n) is 6.54. The van der Waals surface area contributed by atoms with E-state index in [0.717, 1.165) is 19.4 Å². The molecule has 3 aromatic rings. The van der Waals surface area contributed by atoms with Crippen LogP contribution in [0.5, 0.6) is 0 Å². The van der Waals surface area contributed by atoms with Crippen LogP contribution in [0.2, 0.25) is 0 Å². The average molecular weight is 348 g/mol. The Bertz CT molecular complexity index is 921. The van der Waals surface area contributed by atoms with Crippen molar-refractivity contribution in [2.24, 2.45) is 5.92 Å².